The Kier molecular flexibility index (Phi) is 7.46. The normalized spacial score (nSPS) is 14.9. The topological polar surface area (TPSA) is 84.0 Å². The van der Waals surface area contributed by atoms with Crippen LogP contribution in [-0.4, -0.2) is 51.3 Å². The summed E-state index contributed by atoms with van der Waals surface area (Å²) in [6.45, 7) is -0.408. The standard InChI is InChI=1S/C23H28N2O5S/c1-24(2)31(28,29)21-15-9-10-18(16-21)23(27)30-17-22(26)25(19-11-5-3-6-12-19)20-13-7-4-8-14-20/h3,5-6,9-12,15-16,20H,4,7-8,13-14,17H2,1-2H3. The van der Waals surface area contributed by atoms with Crippen molar-refractivity contribution in [3.8, 4) is 0 Å². The summed E-state index contributed by atoms with van der Waals surface area (Å²) in [5.41, 5.74) is 0.870. The van der Waals surface area contributed by atoms with E-state index in [-0.39, 0.29) is 22.4 Å². The van der Waals surface area contributed by atoms with E-state index in [0.717, 1.165) is 42.1 Å². The van der Waals surface area contributed by atoms with Crippen molar-refractivity contribution in [3.05, 3.63) is 60.2 Å². The molecule has 31 heavy (non-hydrogen) atoms. The first kappa shape index (κ1) is 23.0. The van der Waals surface area contributed by atoms with Gasteiger partial charge in [0, 0.05) is 25.8 Å². The third kappa shape index (κ3) is 5.51. The number of hydrogen-bond acceptors (Lipinski definition) is 5. The second-order valence-electron chi connectivity index (χ2n) is 7.78. The van der Waals surface area contributed by atoms with Crippen LogP contribution in [0.3, 0.4) is 0 Å². The molecule has 0 N–H and O–H groups in total. The maximum atomic E-state index is 13.0. The lowest BCUT2D eigenvalue weighted by atomic mass is 9.93. The van der Waals surface area contributed by atoms with Gasteiger partial charge in [-0.3, -0.25) is 4.79 Å². The predicted molar refractivity (Wildman–Crippen MR) is 118 cm³/mol. The molecule has 0 saturated heterocycles. The van der Waals surface area contributed by atoms with Gasteiger partial charge in [0.2, 0.25) is 10.0 Å². The Labute approximate surface area is 183 Å². The number of carbonyl (C=O) groups excluding carboxylic acids is 2. The third-order valence-corrected chi connectivity index (χ3v) is 7.23. The first-order chi connectivity index (χ1) is 14.8. The number of para-hydroxylation sites is 1. The number of anilines is 1. The number of hydrogen-bond donors (Lipinski definition) is 0. The van der Waals surface area contributed by atoms with Crippen LogP contribution in [0.25, 0.3) is 0 Å². The van der Waals surface area contributed by atoms with Gasteiger partial charge in [-0.1, -0.05) is 43.5 Å². The van der Waals surface area contributed by atoms with Gasteiger partial charge in [-0.25, -0.2) is 17.5 Å². The summed E-state index contributed by atoms with van der Waals surface area (Å²) >= 11 is 0. The first-order valence-electron chi connectivity index (χ1n) is 10.4. The molecule has 1 fully saturated rings. The number of sulfonamides is 1. The highest BCUT2D eigenvalue weighted by Gasteiger charge is 2.28. The number of nitrogens with zero attached hydrogens (tertiary/aromatic N) is 2. The lowest BCUT2D eigenvalue weighted by molar-refractivity contribution is -0.122. The van der Waals surface area contributed by atoms with Crippen molar-refractivity contribution in [1.82, 2.24) is 4.31 Å². The zero-order valence-corrected chi connectivity index (χ0v) is 18.7. The second-order valence-corrected chi connectivity index (χ2v) is 9.93. The number of amides is 1. The molecule has 1 aliphatic carbocycles. The lowest BCUT2D eigenvalue weighted by Crippen LogP contribution is -2.43. The van der Waals surface area contributed by atoms with Gasteiger partial charge in [-0.2, -0.15) is 0 Å². The van der Waals surface area contributed by atoms with Crippen LogP contribution < -0.4 is 4.90 Å². The van der Waals surface area contributed by atoms with Crippen LogP contribution in [0.4, 0.5) is 5.69 Å². The van der Waals surface area contributed by atoms with Crippen LogP contribution in [0.15, 0.2) is 59.5 Å². The van der Waals surface area contributed by atoms with Gasteiger partial charge in [-0.05, 0) is 43.2 Å². The molecule has 0 heterocycles. The van der Waals surface area contributed by atoms with E-state index in [1.807, 2.05) is 30.3 Å². The molecule has 0 radical (unpaired) electrons. The second kappa shape index (κ2) is 10.1. The van der Waals surface area contributed by atoms with Crippen molar-refractivity contribution in [2.45, 2.75) is 43.0 Å². The predicted octanol–water partition coefficient (Wildman–Crippen LogP) is 3.46. The quantitative estimate of drug-likeness (QED) is 0.611. The molecule has 0 bridgehead atoms. The average molecular weight is 445 g/mol. The summed E-state index contributed by atoms with van der Waals surface area (Å²) in [5.74, 6) is -1.02. The van der Waals surface area contributed by atoms with Gasteiger partial charge < -0.3 is 9.64 Å². The molecule has 0 spiro atoms. The molecule has 7 nitrogen and oxygen atoms in total. The Morgan fingerprint density at radius 1 is 0.968 bits per heavy atom. The van der Waals surface area contributed by atoms with E-state index >= 15 is 0 Å². The summed E-state index contributed by atoms with van der Waals surface area (Å²) in [6.07, 6.45) is 5.12. The number of benzene rings is 2. The van der Waals surface area contributed by atoms with Crippen LogP contribution in [0.1, 0.15) is 42.5 Å². The molecule has 3 rings (SSSR count). The molecule has 0 unspecified atom stereocenters. The smallest absolute Gasteiger partial charge is 0.338 e. The summed E-state index contributed by atoms with van der Waals surface area (Å²) in [4.78, 5) is 27.3. The largest absolute Gasteiger partial charge is 0.452 e. The summed E-state index contributed by atoms with van der Waals surface area (Å²) in [7, 11) is -0.840. The van der Waals surface area contributed by atoms with Crippen LogP contribution in [-0.2, 0) is 19.6 Å². The Morgan fingerprint density at radius 2 is 1.65 bits per heavy atom. The molecule has 0 aliphatic heterocycles. The van der Waals surface area contributed by atoms with Gasteiger partial charge in [0.15, 0.2) is 6.61 Å². The highest BCUT2D eigenvalue weighted by molar-refractivity contribution is 7.89. The molecule has 8 heteroatoms. The fourth-order valence-corrected chi connectivity index (χ4v) is 4.71. The maximum Gasteiger partial charge on any atom is 0.338 e. The van der Waals surface area contributed by atoms with E-state index in [2.05, 4.69) is 0 Å². The van der Waals surface area contributed by atoms with Gasteiger partial charge in [0.05, 0.1) is 10.5 Å². The third-order valence-electron chi connectivity index (χ3n) is 5.42. The number of esters is 1. The van der Waals surface area contributed by atoms with Crippen molar-refractivity contribution in [2.75, 3.05) is 25.6 Å². The Morgan fingerprint density at radius 3 is 2.29 bits per heavy atom. The van der Waals surface area contributed by atoms with E-state index in [0.29, 0.717) is 0 Å². The monoisotopic (exact) mass is 444 g/mol. The zero-order chi connectivity index (χ0) is 22.4. The van der Waals surface area contributed by atoms with E-state index in [9.17, 15) is 18.0 Å². The molecule has 0 atom stereocenters. The number of ether oxygens (including phenoxy) is 1. The molecule has 1 amide bonds. The van der Waals surface area contributed by atoms with Crippen LogP contribution in [0, 0.1) is 0 Å². The lowest BCUT2D eigenvalue weighted by Gasteiger charge is -2.34. The Hall–Kier alpha value is -2.71. The zero-order valence-electron chi connectivity index (χ0n) is 17.9. The molecule has 1 aliphatic rings. The summed E-state index contributed by atoms with van der Waals surface area (Å²) in [6, 6.07) is 15.1. The molecule has 166 valence electrons. The fraction of sp³-hybridized carbons (Fsp3) is 0.391. The van der Waals surface area contributed by atoms with Crippen LogP contribution in [0.5, 0.6) is 0 Å². The average Bonchev–Trinajstić information content (AvgIpc) is 2.79. The highest BCUT2D eigenvalue weighted by Crippen LogP contribution is 2.27. The molecular weight excluding hydrogens is 416 g/mol. The fourth-order valence-electron chi connectivity index (χ4n) is 3.76. The van der Waals surface area contributed by atoms with Gasteiger partial charge >= 0.3 is 5.97 Å². The van der Waals surface area contributed by atoms with E-state index in [4.69, 9.17) is 4.74 Å². The SMILES string of the molecule is CN(C)S(=O)(=O)c1cccc(C(=O)OCC(=O)N(c2ccccc2)C2CCCCC2)c1. The molecule has 0 aromatic heterocycles. The highest BCUT2D eigenvalue weighted by atomic mass is 32.2. The minimum atomic E-state index is -3.68. The summed E-state index contributed by atoms with van der Waals surface area (Å²) < 4.78 is 31.0. The minimum absolute atomic E-state index is 0.00797. The van der Waals surface area contributed by atoms with Crippen molar-refractivity contribution in [2.24, 2.45) is 0 Å². The van der Waals surface area contributed by atoms with Crippen molar-refractivity contribution >= 4 is 27.6 Å². The van der Waals surface area contributed by atoms with Crippen molar-refractivity contribution in [3.63, 3.8) is 0 Å². The van der Waals surface area contributed by atoms with Crippen molar-refractivity contribution < 1.29 is 22.7 Å². The van der Waals surface area contributed by atoms with E-state index in [1.165, 1.54) is 38.4 Å². The Bertz CT molecular complexity index is 1020. The Balaban J connectivity index is 1.73. The molecule has 2 aromatic carbocycles. The molecule has 1 saturated carbocycles. The summed E-state index contributed by atoms with van der Waals surface area (Å²) in [5, 5.41) is 0. The van der Waals surface area contributed by atoms with Gasteiger partial charge in [0.1, 0.15) is 0 Å². The van der Waals surface area contributed by atoms with Crippen LogP contribution in [0.2, 0.25) is 0 Å². The molecule has 2 aromatic rings. The minimum Gasteiger partial charge on any atom is -0.452 e. The number of carbonyl (C=O) groups is 2. The van der Waals surface area contributed by atoms with Gasteiger partial charge in [0.25, 0.3) is 5.91 Å². The maximum absolute atomic E-state index is 13.0. The van der Waals surface area contributed by atoms with Crippen LogP contribution >= 0.6 is 0 Å². The first-order valence-corrected chi connectivity index (χ1v) is 11.8. The van der Waals surface area contributed by atoms with Crippen molar-refractivity contribution in [1.29, 1.82) is 0 Å². The van der Waals surface area contributed by atoms with E-state index < -0.39 is 22.6 Å². The van der Waals surface area contributed by atoms with E-state index in [1.54, 1.807) is 4.90 Å². The molecular formula is C23H28N2O5S. The van der Waals surface area contributed by atoms with Gasteiger partial charge in [-0.15, -0.1) is 0 Å². The number of rotatable bonds is 7.